The van der Waals surface area contributed by atoms with Crippen molar-refractivity contribution in [2.24, 2.45) is 11.8 Å². The van der Waals surface area contributed by atoms with Gasteiger partial charge in [0.1, 0.15) is 5.75 Å². The van der Waals surface area contributed by atoms with Crippen molar-refractivity contribution in [3.05, 3.63) is 59.7 Å². The van der Waals surface area contributed by atoms with Gasteiger partial charge < -0.3 is 9.62 Å². The first-order valence-corrected chi connectivity index (χ1v) is 9.24. The highest BCUT2D eigenvalue weighted by Crippen LogP contribution is 2.30. The molecule has 1 aliphatic carbocycles. The Kier molecular flexibility index (Phi) is 6.29. The molecule has 1 saturated carbocycles. The van der Waals surface area contributed by atoms with Gasteiger partial charge in [-0.3, -0.25) is 4.79 Å². The molecular formula is C22H28O4. The molecule has 0 bridgehead atoms. The van der Waals surface area contributed by atoms with E-state index in [9.17, 15) is 4.79 Å². The molecule has 4 heteroatoms. The molecule has 3 rings (SSSR count). The van der Waals surface area contributed by atoms with Crippen molar-refractivity contribution >= 4 is 5.97 Å². The van der Waals surface area contributed by atoms with Gasteiger partial charge in [0.15, 0.2) is 5.75 Å². The van der Waals surface area contributed by atoms with Crippen LogP contribution in [0.15, 0.2) is 48.5 Å². The number of esters is 1. The first kappa shape index (κ1) is 18.5. The van der Waals surface area contributed by atoms with Crippen LogP contribution in [0.3, 0.4) is 0 Å². The van der Waals surface area contributed by atoms with E-state index >= 15 is 0 Å². The van der Waals surface area contributed by atoms with Crippen LogP contribution in [0.25, 0.3) is 0 Å². The zero-order valence-electron chi connectivity index (χ0n) is 15.4. The molecule has 2 aromatic rings. The maximum Gasteiger partial charge on any atom is 0.314 e. The third kappa shape index (κ3) is 5.33. The van der Waals surface area contributed by atoms with Gasteiger partial charge in [0.25, 0.3) is 0 Å². The standard InChI is InChI=1S/C22H26O4.H2/c1-16-3-11-20(12-4-16)25-22(23)19-9-7-18(8-10-19)15-24-26-21-13-5-17(2)6-14-21;/h3-6,11-14,18-19H,7-10,15H2,1-2H3;1H. The molecule has 0 aliphatic heterocycles. The molecule has 1 aliphatic rings. The molecule has 4 nitrogen and oxygen atoms in total. The predicted octanol–water partition coefficient (Wildman–Crippen LogP) is 5.27. The zero-order valence-corrected chi connectivity index (χ0v) is 15.4. The second-order valence-electron chi connectivity index (χ2n) is 7.13. The zero-order chi connectivity index (χ0) is 18.4. The smallest absolute Gasteiger partial charge is 0.314 e. The normalized spacial score (nSPS) is 19.8. The van der Waals surface area contributed by atoms with Crippen molar-refractivity contribution in [1.82, 2.24) is 0 Å². The van der Waals surface area contributed by atoms with E-state index in [-0.39, 0.29) is 13.3 Å². The molecule has 0 unspecified atom stereocenters. The lowest BCUT2D eigenvalue weighted by Gasteiger charge is -2.26. The fourth-order valence-electron chi connectivity index (χ4n) is 3.16. The summed E-state index contributed by atoms with van der Waals surface area (Å²) in [6.07, 6.45) is 3.57. The summed E-state index contributed by atoms with van der Waals surface area (Å²) in [5.41, 5.74) is 2.34. The van der Waals surface area contributed by atoms with Crippen molar-refractivity contribution in [2.45, 2.75) is 39.5 Å². The fourth-order valence-corrected chi connectivity index (χ4v) is 3.16. The minimum Gasteiger partial charge on any atom is -0.426 e. The Morgan fingerprint density at radius 2 is 1.42 bits per heavy atom. The summed E-state index contributed by atoms with van der Waals surface area (Å²) in [5, 5.41) is 0. The summed E-state index contributed by atoms with van der Waals surface area (Å²) in [5.74, 6) is 1.61. The van der Waals surface area contributed by atoms with Crippen LogP contribution in [0.4, 0.5) is 0 Å². The average molecular weight is 356 g/mol. The molecule has 0 amide bonds. The summed E-state index contributed by atoms with van der Waals surface area (Å²) >= 11 is 0. The summed E-state index contributed by atoms with van der Waals surface area (Å²) < 4.78 is 5.50. The van der Waals surface area contributed by atoms with Crippen LogP contribution in [-0.2, 0) is 9.68 Å². The molecule has 0 radical (unpaired) electrons. The average Bonchev–Trinajstić information content (AvgIpc) is 2.66. The quantitative estimate of drug-likeness (QED) is 0.306. The van der Waals surface area contributed by atoms with E-state index in [1.165, 1.54) is 5.56 Å². The van der Waals surface area contributed by atoms with Crippen molar-refractivity contribution < 1.29 is 20.7 Å². The maximum atomic E-state index is 12.3. The van der Waals surface area contributed by atoms with Crippen molar-refractivity contribution in [1.29, 1.82) is 0 Å². The van der Waals surface area contributed by atoms with Crippen LogP contribution in [0, 0.1) is 25.7 Å². The Balaban J connectivity index is 0.00000261. The molecule has 0 saturated heterocycles. The van der Waals surface area contributed by atoms with E-state index in [0.717, 1.165) is 31.2 Å². The topological polar surface area (TPSA) is 44.8 Å². The van der Waals surface area contributed by atoms with Gasteiger partial charge in [-0.1, -0.05) is 35.4 Å². The molecule has 140 valence electrons. The van der Waals surface area contributed by atoms with E-state index in [4.69, 9.17) is 14.5 Å². The van der Waals surface area contributed by atoms with Gasteiger partial charge in [0, 0.05) is 1.43 Å². The molecule has 26 heavy (non-hydrogen) atoms. The van der Waals surface area contributed by atoms with Gasteiger partial charge in [0.2, 0.25) is 0 Å². The first-order chi connectivity index (χ1) is 12.6. The van der Waals surface area contributed by atoms with E-state index in [2.05, 4.69) is 0 Å². The number of carbonyl (C=O) groups is 1. The summed E-state index contributed by atoms with van der Waals surface area (Å²) in [4.78, 5) is 23.0. The molecule has 0 N–H and O–H groups in total. The number of hydrogen-bond donors (Lipinski definition) is 0. The summed E-state index contributed by atoms with van der Waals surface area (Å²) in [6, 6.07) is 15.4. The van der Waals surface area contributed by atoms with Crippen molar-refractivity contribution in [3.63, 3.8) is 0 Å². The van der Waals surface area contributed by atoms with Crippen LogP contribution in [-0.4, -0.2) is 12.6 Å². The molecule has 2 aromatic carbocycles. The Bertz CT molecular complexity index is 704. The van der Waals surface area contributed by atoms with Gasteiger partial charge in [-0.2, -0.15) is 4.89 Å². The highest BCUT2D eigenvalue weighted by Gasteiger charge is 2.28. The highest BCUT2D eigenvalue weighted by atomic mass is 17.2. The SMILES string of the molecule is Cc1ccc(OOCC2CCC(C(=O)Oc3ccc(C)cc3)CC2)cc1.[HH]. The highest BCUT2D eigenvalue weighted by molar-refractivity contribution is 5.75. The number of ether oxygens (including phenoxy) is 1. The van der Waals surface area contributed by atoms with Gasteiger partial charge in [-0.25, -0.2) is 0 Å². The lowest BCUT2D eigenvalue weighted by Crippen LogP contribution is -2.27. The molecule has 1 fully saturated rings. The third-order valence-corrected chi connectivity index (χ3v) is 4.90. The Morgan fingerprint density at radius 3 is 2.00 bits per heavy atom. The van der Waals surface area contributed by atoms with E-state index < -0.39 is 0 Å². The second kappa shape index (κ2) is 8.86. The second-order valence-corrected chi connectivity index (χ2v) is 7.13. The van der Waals surface area contributed by atoms with Gasteiger partial charge in [-0.15, -0.1) is 0 Å². The van der Waals surface area contributed by atoms with E-state index in [0.29, 0.717) is 24.0 Å². The molecule has 0 aromatic heterocycles. The summed E-state index contributed by atoms with van der Waals surface area (Å²) in [7, 11) is 0. The van der Waals surface area contributed by atoms with Crippen LogP contribution in [0.2, 0.25) is 0 Å². The Hall–Kier alpha value is -2.33. The van der Waals surface area contributed by atoms with E-state index in [1.54, 1.807) is 0 Å². The largest absolute Gasteiger partial charge is 0.426 e. The Morgan fingerprint density at radius 1 is 0.885 bits per heavy atom. The number of rotatable bonds is 6. The lowest BCUT2D eigenvalue weighted by molar-refractivity contribution is -0.218. The van der Waals surface area contributed by atoms with Crippen LogP contribution in [0.5, 0.6) is 11.5 Å². The van der Waals surface area contributed by atoms with Gasteiger partial charge in [0.05, 0.1) is 12.5 Å². The Labute approximate surface area is 156 Å². The molecular weight excluding hydrogens is 328 g/mol. The third-order valence-electron chi connectivity index (χ3n) is 4.90. The predicted molar refractivity (Wildman–Crippen MR) is 102 cm³/mol. The number of aryl methyl sites for hydroxylation is 2. The number of carbonyl (C=O) groups excluding carboxylic acids is 1. The van der Waals surface area contributed by atoms with Crippen molar-refractivity contribution in [3.8, 4) is 11.5 Å². The van der Waals surface area contributed by atoms with E-state index in [1.807, 2.05) is 62.4 Å². The summed E-state index contributed by atoms with van der Waals surface area (Å²) in [6.45, 7) is 4.60. The van der Waals surface area contributed by atoms with Gasteiger partial charge >= 0.3 is 5.97 Å². The van der Waals surface area contributed by atoms with Gasteiger partial charge in [-0.05, 0) is 69.7 Å². The lowest BCUT2D eigenvalue weighted by atomic mass is 9.82. The number of hydrogen-bond acceptors (Lipinski definition) is 4. The molecule has 0 atom stereocenters. The van der Waals surface area contributed by atoms with Crippen molar-refractivity contribution in [2.75, 3.05) is 6.61 Å². The monoisotopic (exact) mass is 356 g/mol. The van der Waals surface area contributed by atoms with Crippen LogP contribution >= 0.6 is 0 Å². The maximum absolute atomic E-state index is 12.3. The minimum absolute atomic E-state index is 0. The minimum atomic E-state index is -0.121. The number of benzene rings is 2. The molecule has 0 spiro atoms. The first-order valence-electron chi connectivity index (χ1n) is 9.24. The van der Waals surface area contributed by atoms with Crippen LogP contribution in [0.1, 0.15) is 38.2 Å². The van der Waals surface area contributed by atoms with Crippen LogP contribution < -0.4 is 9.62 Å². The molecule has 0 heterocycles. The fraction of sp³-hybridized carbons (Fsp3) is 0.409.